The van der Waals surface area contributed by atoms with Gasteiger partial charge in [0.05, 0.1) is 30.8 Å². The number of aromatic carboxylic acids is 1. The SMILES string of the molecule is COc1ccc(CCn2c(C(C)C)nc3cc(C(=O)O)ccc32)cc1OC. The lowest BCUT2D eigenvalue weighted by atomic mass is 10.1. The Balaban J connectivity index is 1.94. The number of hydrogen-bond donors (Lipinski definition) is 1. The molecule has 3 aromatic rings. The van der Waals surface area contributed by atoms with Crippen LogP contribution in [0.25, 0.3) is 11.0 Å². The highest BCUT2D eigenvalue weighted by Gasteiger charge is 2.16. The lowest BCUT2D eigenvalue weighted by molar-refractivity contribution is 0.0697. The fourth-order valence-electron chi connectivity index (χ4n) is 3.23. The summed E-state index contributed by atoms with van der Waals surface area (Å²) in [5, 5.41) is 9.22. The monoisotopic (exact) mass is 368 g/mol. The number of carbonyl (C=O) groups is 1. The Hall–Kier alpha value is -3.02. The molecule has 1 aromatic heterocycles. The summed E-state index contributed by atoms with van der Waals surface area (Å²) in [4.78, 5) is 15.9. The van der Waals surface area contributed by atoms with Gasteiger partial charge in [-0.2, -0.15) is 0 Å². The Kier molecular flexibility index (Phi) is 5.35. The van der Waals surface area contributed by atoms with Crippen molar-refractivity contribution >= 4 is 17.0 Å². The van der Waals surface area contributed by atoms with Crippen molar-refractivity contribution in [3.8, 4) is 11.5 Å². The largest absolute Gasteiger partial charge is 0.493 e. The van der Waals surface area contributed by atoms with Crippen LogP contribution in [0.3, 0.4) is 0 Å². The van der Waals surface area contributed by atoms with Gasteiger partial charge in [-0.3, -0.25) is 0 Å². The number of methoxy groups -OCH3 is 2. The van der Waals surface area contributed by atoms with Crippen LogP contribution in [-0.2, 0) is 13.0 Å². The molecule has 1 N–H and O–H groups in total. The van der Waals surface area contributed by atoms with E-state index in [-0.39, 0.29) is 11.5 Å². The first-order chi connectivity index (χ1) is 12.9. The first kappa shape index (κ1) is 18.8. The van der Waals surface area contributed by atoms with Crippen LogP contribution in [0.2, 0.25) is 0 Å². The van der Waals surface area contributed by atoms with Gasteiger partial charge in [-0.15, -0.1) is 0 Å². The summed E-state index contributed by atoms with van der Waals surface area (Å²) >= 11 is 0. The Labute approximate surface area is 158 Å². The van der Waals surface area contributed by atoms with Crippen LogP contribution >= 0.6 is 0 Å². The maximum Gasteiger partial charge on any atom is 0.335 e. The van der Waals surface area contributed by atoms with Crippen LogP contribution in [-0.4, -0.2) is 34.8 Å². The summed E-state index contributed by atoms with van der Waals surface area (Å²) in [6.45, 7) is 4.92. The van der Waals surface area contributed by atoms with Crippen molar-refractivity contribution in [3.63, 3.8) is 0 Å². The molecule has 0 unspecified atom stereocenters. The zero-order valence-electron chi connectivity index (χ0n) is 16.0. The second-order valence-corrected chi connectivity index (χ2v) is 6.72. The minimum absolute atomic E-state index is 0.232. The quantitative estimate of drug-likeness (QED) is 0.679. The predicted molar refractivity (Wildman–Crippen MR) is 104 cm³/mol. The fraction of sp³-hybridized carbons (Fsp3) is 0.333. The van der Waals surface area contributed by atoms with Crippen LogP contribution in [0.4, 0.5) is 0 Å². The van der Waals surface area contributed by atoms with Crippen molar-refractivity contribution in [1.82, 2.24) is 9.55 Å². The highest BCUT2D eigenvalue weighted by atomic mass is 16.5. The van der Waals surface area contributed by atoms with E-state index in [0.717, 1.165) is 29.9 Å². The standard InChI is InChI=1S/C21H24N2O4/c1-13(2)20-22-16-12-15(21(24)25)6-7-17(16)23(20)10-9-14-5-8-18(26-3)19(11-14)27-4/h5-8,11-13H,9-10H2,1-4H3,(H,24,25). The average Bonchev–Trinajstić information content (AvgIpc) is 3.04. The maximum absolute atomic E-state index is 11.2. The third-order valence-electron chi connectivity index (χ3n) is 4.61. The van der Waals surface area contributed by atoms with E-state index in [1.165, 1.54) is 0 Å². The molecular weight excluding hydrogens is 344 g/mol. The topological polar surface area (TPSA) is 73.6 Å². The van der Waals surface area contributed by atoms with Crippen molar-refractivity contribution in [1.29, 1.82) is 0 Å². The van der Waals surface area contributed by atoms with Crippen molar-refractivity contribution < 1.29 is 19.4 Å². The molecule has 0 amide bonds. The van der Waals surface area contributed by atoms with Crippen LogP contribution in [0.15, 0.2) is 36.4 Å². The Morgan fingerprint density at radius 2 is 1.85 bits per heavy atom. The number of benzene rings is 2. The summed E-state index contributed by atoms with van der Waals surface area (Å²) in [7, 11) is 3.25. The molecule has 0 saturated heterocycles. The maximum atomic E-state index is 11.2. The van der Waals surface area contributed by atoms with Gasteiger partial charge in [0.1, 0.15) is 5.82 Å². The number of aryl methyl sites for hydroxylation is 2. The Morgan fingerprint density at radius 3 is 2.48 bits per heavy atom. The molecule has 6 nitrogen and oxygen atoms in total. The van der Waals surface area contributed by atoms with Crippen molar-refractivity contribution in [2.24, 2.45) is 0 Å². The Bertz CT molecular complexity index is 976. The van der Waals surface area contributed by atoms with Gasteiger partial charge in [-0.25, -0.2) is 9.78 Å². The molecule has 142 valence electrons. The van der Waals surface area contributed by atoms with E-state index in [1.807, 2.05) is 24.3 Å². The van der Waals surface area contributed by atoms with E-state index in [1.54, 1.807) is 26.4 Å². The van der Waals surface area contributed by atoms with Gasteiger partial charge < -0.3 is 19.1 Å². The first-order valence-corrected chi connectivity index (χ1v) is 8.89. The molecule has 0 aliphatic carbocycles. The highest BCUT2D eigenvalue weighted by molar-refractivity contribution is 5.92. The first-order valence-electron chi connectivity index (χ1n) is 8.89. The fourth-order valence-corrected chi connectivity index (χ4v) is 3.23. The molecule has 0 fully saturated rings. The van der Waals surface area contributed by atoms with E-state index < -0.39 is 5.97 Å². The summed E-state index contributed by atoms with van der Waals surface area (Å²) in [6, 6.07) is 11.0. The molecule has 0 radical (unpaired) electrons. The minimum Gasteiger partial charge on any atom is -0.493 e. The van der Waals surface area contributed by atoms with E-state index in [2.05, 4.69) is 23.4 Å². The number of nitrogens with zero attached hydrogens (tertiary/aromatic N) is 2. The van der Waals surface area contributed by atoms with Gasteiger partial charge in [0, 0.05) is 12.5 Å². The third-order valence-corrected chi connectivity index (χ3v) is 4.61. The number of fused-ring (bicyclic) bond motifs is 1. The molecule has 1 heterocycles. The predicted octanol–water partition coefficient (Wildman–Crippen LogP) is 4.12. The van der Waals surface area contributed by atoms with Crippen molar-refractivity contribution in [2.45, 2.75) is 32.7 Å². The van der Waals surface area contributed by atoms with Crippen LogP contribution < -0.4 is 9.47 Å². The number of aromatic nitrogens is 2. The number of imidazole rings is 1. The number of hydrogen-bond acceptors (Lipinski definition) is 4. The number of carboxylic acid groups (broad SMARTS) is 1. The third kappa shape index (κ3) is 3.74. The van der Waals surface area contributed by atoms with E-state index in [0.29, 0.717) is 17.0 Å². The zero-order valence-corrected chi connectivity index (χ0v) is 16.0. The summed E-state index contributed by atoms with van der Waals surface area (Å²) in [5.41, 5.74) is 3.05. The molecule has 0 aliphatic heterocycles. The zero-order chi connectivity index (χ0) is 19.6. The lowest BCUT2D eigenvalue weighted by Gasteiger charge is -2.13. The van der Waals surface area contributed by atoms with E-state index in [4.69, 9.17) is 9.47 Å². The van der Waals surface area contributed by atoms with Gasteiger partial charge in [0.2, 0.25) is 0 Å². The number of carboxylic acids is 1. The van der Waals surface area contributed by atoms with E-state index in [9.17, 15) is 9.90 Å². The average molecular weight is 368 g/mol. The van der Waals surface area contributed by atoms with Gasteiger partial charge in [-0.05, 0) is 42.3 Å². The molecule has 6 heteroatoms. The molecule has 0 spiro atoms. The van der Waals surface area contributed by atoms with Crippen molar-refractivity contribution in [2.75, 3.05) is 14.2 Å². The normalized spacial score (nSPS) is 11.1. The highest BCUT2D eigenvalue weighted by Crippen LogP contribution is 2.29. The van der Waals surface area contributed by atoms with Crippen LogP contribution in [0, 0.1) is 0 Å². The van der Waals surface area contributed by atoms with Crippen LogP contribution in [0.5, 0.6) is 11.5 Å². The lowest BCUT2D eigenvalue weighted by Crippen LogP contribution is -2.08. The van der Waals surface area contributed by atoms with Gasteiger partial charge >= 0.3 is 5.97 Å². The van der Waals surface area contributed by atoms with Gasteiger partial charge in [0.25, 0.3) is 0 Å². The van der Waals surface area contributed by atoms with Crippen molar-refractivity contribution in [3.05, 3.63) is 53.3 Å². The molecule has 0 bridgehead atoms. The Morgan fingerprint density at radius 1 is 1.11 bits per heavy atom. The summed E-state index contributed by atoms with van der Waals surface area (Å²) in [6.07, 6.45) is 0.798. The number of ether oxygens (including phenoxy) is 2. The molecular formula is C21H24N2O4. The molecule has 0 saturated carbocycles. The van der Waals surface area contributed by atoms with E-state index >= 15 is 0 Å². The second kappa shape index (κ2) is 7.70. The minimum atomic E-state index is -0.942. The molecule has 0 aliphatic rings. The van der Waals surface area contributed by atoms with Gasteiger partial charge in [0.15, 0.2) is 11.5 Å². The molecule has 2 aromatic carbocycles. The summed E-state index contributed by atoms with van der Waals surface area (Å²) < 4.78 is 12.8. The second-order valence-electron chi connectivity index (χ2n) is 6.72. The molecule has 3 rings (SSSR count). The smallest absolute Gasteiger partial charge is 0.335 e. The van der Waals surface area contributed by atoms with Gasteiger partial charge in [-0.1, -0.05) is 19.9 Å². The molecule has 0 atom stereocenters. The number of rotatable bonds is 7. The summed E-state index contributed by atoms with van der Waals surface area (Å²) in [5.74, 6) is 1.66. The molecule has 27 heavy (non-hydrogen) atoms. The van der Waals surface area contributed by atoms with Crippen LogP contribution in [0.1, 0.15) is 41.5 Å².